The van der Waals surface area contributed by atoms with Gasteiger partial charge in [-0.25, -0.2) is 0 Å². The average Bonchev–Trinajstić information content (AvgIpc) is 2.94. The Balaban J connectivity index is 1.77. The zero-order valence-corrected chi connectivity index (χ0v) is 14.8. The molecule has 130 valence electrons. The van der Waals surface area contributed by atoms with Gasteiger partial charge in [0.15, 0.2) is 0 Å². The zero-order valence-electron chi connectivity index (χ0n) is 14.8. The number of pyridine rings is 1. The summed E-state index contributed by atoms with van der Waals surface area (Å²) in [5, 5.41) is 1.02. The van der Waals surface area contributed by atoms with Crippen LogP contribution in [0.3, 0.4) is 0 Å². The van der Waals surface area contributed by atoms with E-state index >= 15 is 0 Å². The monoisotopic (exact) mass is 329 g/mol. The number of benzene rings is 1. The minimum absolute atomic E-state index is 0.00159. The predicted molar refractivity (Wildman–Crippen MR) is 97.7 cm³/mol. The molecule has 1 aliphatic heterocycles. The largest absolute Gasteiger partial charge is 0.494 e. The van der Waals surface area contributed by atoms with Gasteiger partial charge in [-0.15, -0.1) is 0 Å². The van der Waals surface area contributed by atoms with Crippen molar-refractivity contribution < 1.29 is 4.74 Å². The highest BCUT2D eigenvalue weighted by molar-refractivity contribution is 5.80. The second-order valence-electron chi connectivity index (χ2n) is 6.78. The smallest absolute Gasteiger partial charge is 0.252 e. The molecule has 0 radical (unpaired) electrons. The molecule has 5 heteroatoms. The lowest BCUT2D eigenvalue weighted by atomic mass is 10.1. The van der Waals surface area contributed by atoms with Gasteiger partial charge in [0, 0.05) is 35.6 Å². The topological polar surface area (TPSA) is 48.6 Å². The molecule has 1 aromatic heterocycles. The van der Waals surface area contributed by atoms with Gasteiger partial charge in [-0.2, -0.15) is 0 Å². The average molecular weight is 329 g/mol. The number of aromatic nitrogens is 1. The quantitative estimate of drug-likeness (QED) is 0.884. The van der Waals surface area contributed by atoms with Crippen LogP contribution in [0.1, 0.15) is 25.3 Å². The van der Waals surface area contributed by atoms with E-state index in [1.807, 2.05) is 31.2 Å². The number of rotatable bonds is 6. The van der Waals surface area contributed by atoms with Crippen LogP contribution in [0.15, 0.2) is 29.1 Å². The Kier molecular flexibility index (Phi) is 5.21. The van der Waals surface area contributed by atoms with E-state index in [0.29, 0.717) is 19.2 Å². The Bertz CT molecular complexity index is 756. The molecule has 0 saturated carbocycles. The van der Waals surface area contributed by atoms with E-state index in [2.05, 4.69) is 28.9 Å². The molecule has 1 aromatic carbocycles. The fraction of sp³-hybridized carbons (Fsp3) is 0.526. The SMILES string of the molecule is CCOc1ccc2[nH]c(=O)c(CN(C)C[C@H]3CCCN3C)cc2c1. The first-order valence-electron chi connectivity index (χ1n) is 8.74. The van der Waals surface area contributed by atoms with Gasteiger partial charge in [-0.3, -0.25) is 4.79 Å². The van der Waals surface area contributed by atoms with Crippen molar-refractivity contribution in [2.24, 2.45) is 0 Å². The second kappa shape index (κ2) is 7.36. The van der Waals surface area contributed by atoms with Crippen LogP contribution < -0.4 is 10.3 Å². The first-order chi connectivity index (χ1) is 11.6. The van der Waals surface area contributed by atoms with Crippen LogP contribution in [0.2, 0.25) is 0 Å². The fourth-order valence-electron chi connectivity index (χ4n) is 3.53. The Morgan fingerprint density at radius 3 is 2.92 bits per heavy atom. The number of fused-ring (bicyclic) bond motifs is 1. The van der Waals surface area contributed by atoms with Gasteiger partial charge in [-0.05, 0) is 64.7 Å². The van der Waals surface area contributed by atoms with Crippen molar-refractivity contribution in [1.29, 1.82) is 0 Å². The molecule has 2 aromatic rings. The number of H-pyrrole nitrogens is 1. The van der Waals surface area contributed by atoms with Crippen molar-refractivity contribution in [3.05, 3.63) is 40.2 Å². The molecule has 1 N–H and O–H groups in total. The van der Waals surface area contributed by atoms with Crippen LogP contribution in [0.5, 0.6) is 5.75 Å². The molecule has 0 unspecified atom stereocenters. The van der Waals surface area contributed by atoms with Crippen molar-refractivity contribution in [2.75, 3.05) is 33.8 Å². The maximum absolute atomic E-state index is 12.4. The van der Waals surface area contributed by atoms with Crippen molar-refractivity contribution >= 4 is 10.9 Å². The highest BCUT2D eigenvalue weighted by Crippen LogP contribution is 2.20. The highest BCUT2D eigenvalue weighted by atomic mass is 16.5. The first kappa shape index (κ1) is 17.0. The van der Waals surface area contributed by atoms with Crippen LogP contribution in [0.4, 0.5) is 0 Å². The highest BCUT2D eigenvalue weighted by Gasteiger charge is 2.22. The van der Waals surface area contributed by atoms with Gasteiger partial charge in [0.2, 0.25) is 0 Å². The molecule has 5 nitrogen and oxygen atoms in total. The predicted octanol–water partition coefficient (Wildman–Crippen LogP) is 2.45. The van der Waals surface area contributed by atoms with Crippen LogP contribution in [0.25, 0.3) is 10.9 Å². The van der Waals surface area contributed by atoms with Crippen LogP contribution in [-0.4, -0.2) is 54.6 Å². The molecular weight excluding hydrogens is 302 g/mol. The number of nitrogens with zero attached hydrogens (tertiary/aromatic N) is 2. The number of hydrogen-bond acceptors (Lipinski definition) is 4. The van der Waals surface area contributed by atoms with Gasteiger partial charge in [0.05, 0.1) is 6.61 Å². The van der Waals surface area contributed by atoms with E-state index in [4.69, 9.17) is 4.74 Å². The summed E-state index contributed by atoms with van der Waals surface area (Å²) in [6, 6.07) is 8.37. The molecule has 1 fully saturated rings. The number of ether oxygens (including phenoxy) is 1. The molecule has 1 saturated heterocycles. The Hall–Kier alpha value is -1.85. The molecule has 0 spiro atoms. The maximum Gasteiger partial charge on any atom is 0.252 e. The normalized spacial score (nSPS) is 18.6. The van der Waals surface area contributed by atoms with Crippen molar-refractivity contribution in [2.45, 2.75) is 32.4 Å². The second-order valence-corrected chi connectivity index (χ2v) is 6.78. The number of nitrogens with one attached hydrogen (secondary N) is 1. The van der Waals surface area contributed by atoms with Gasteiger partial charge < -0.3 is 19.5 Å². The molecule has 24 heavy (non-hydrogen) atoms. The van der Waals surface area contributed by atoms with Gasteiger partial charge in [-0.1, -0.05) is 0 Å². The third kappa shape index (κ3) is 3.79. The summed E-state index contributed by atoms with van der Waals surface area (Å²) in [6.45, 7) is 5.44. The third-order valence-electron chi connectivity index (χ3n) is 4.84. The van der Waals surface area contributed by atoms with Crippen LogP contribution in [0, 0.1) is 0 Å². The lowest BCUT2D eigenvalue weighted by Crippen LogP contribution is -2.37. The summed E-state index contributed by atoms with van der Waals surface area (Å²) in [7, 11) is 4.27. The molecule has 1 aliphatic rings. The first-order valence-corrected chi connectivity index (χ1v) is 8.74. The standard InChI is InChI=1S/C19H27N3O2/c1-4-24-17-7-8-18-14(11-17)10-15(19(23)20-18)12-21(2)13-16-6-5-9-22(16)3/h7-8,10-11,16H,4-6,9,12-13H2,1-3H3,(H,20,23)/t16-/m1/s1. The van der Waals surface area contributed by atoms with Crippen molar-refractivity contribution in [3.8, 4) is 5.75 Å². The Morgan fingerprint density at radius 1 is 1.38 bits per heavy atom. The minimum Gasteiger partial charge on any atom is -0.494 e. The van der Waals surface area contributed by atoms with E-state index in [1.54, 1.807) is 0 Å². The minimum atomic E-state index is -0.00159. The number of likely N-dealkylation sites (N-methyl/N-ethyl adjacent to an activating group) is 2. The van der Waals surface area contributed by atoms with Crippen molar-refractivity contribution in [1.82, 2.24) is 14.8 Å². The summed E-state index contributed by atoms with van der Waals surface area (Å²) in [4.78, 5) is 20.0. The molecule has 2 heterocycles. The van der Waals surface area contributed by atoms with Crippen molar-refractivity contribution in [3.63, 3.8) is 0 Å². The lowest BCUT2D eigenvalue weighted by Gasteiger charge is -2.25. The van der Waals surface area contributed by atoms with Crippen LogP contribution in [-0.2, 0) is 6.54 Å². The van der Waals surface area contributed by atoms with E-state index in [-0.39, 0.29) is 5.56 Å². The summed E-state index contributed by atoms with van der Waals surface area (Å²) >= 11 is 0. The number of hydrogen-bond donors (Lipinski definition) is 1. The van der Waals surface area contributed by atoms with Gasteiger partial charge in [0.25, 0.3) is 5.56 Å². The molecule has 0 aliphatic carbocycles. The molecule has 3 rings (SSSR count). The van der Waals surface area contributed by atoms with E-state index in [1.165, 1.54) is 19.4 Å². The molecule has 0 bridgehead atoms. The number of likely N-dealkylation sites (tertiary alicyclic amines) is 1. The zero-order chi connectivity index (χ0) is 17.1. The molecule has 1 atom stereocenters. The summed E-state index contributed by atoms with van der Waals surface area (Å²) < 4.78 is 5.56. The Labute approximate surface area is 143 Å². The van der Waals surface area contributed by atoms with Crippen LogP contribution >= 0.6 is 0 Å². The van der Waals surface area contributed by atoms with E-state index in [9.17, 15) is 4.79 Å². The van der Waals surface area contributed by atoms with E-state index < -0.39 is 0 Å². The lowest BCUT2D eigenvalue weighted by molar-refractivity contribution is 0.215. The van der Waals surface area contributed by atoms with Gasteiger partial charge >= 0.3 is 0 Å². The fourth-order valence-corrected chi connectivity index (χ4v) is 3.53. The Morgan fingerprint density at radius 2 is 2.21 bits per heavy atom. The third-order valence-corrected chi connectivity index (χ3v) is 4.84. The summed E-state index contributed by atoms with van der Waals surface area (Å²) in [5.74, 6) is 0.837. The summed E-state index contributed by atoms with van der Waals surface area (Å²) in [5.41, 5.74) is 1.66. The summed E-state index contributed by atoms with van der Waals surface area (Å²) in [6.07, 6.45) is 2.51. The molecular formula is C19H27N3O2. The maximum atomic E-state index is 12.4. The van der Waals surface area contributed by atoms with Gasteiger partial charge in [0.1, 0.15) is 5.75 Å². The number of aromatic amines is 1. The van der Waals surface area contributed by atoms with E-state index in [0.717, 1.165) is 28.8 Å². The molecule has 0 amide bonds.